The van der Waals surface area contributed by atoms with Crippen LogP contribution < -0.4 is 10.1 Å². The topological polar surface area (TPSA) is 21.3 Å². The summed E-state index contributed by atoms with van der Waals surface area (Å²) in [7, 11) is 0. The molecule has 96 valence electrons. The maximum absolute atomic E-state index is 5.95. The van der Waals surface area contributed by atoms with E-state index in [0.717, 1.165) is 42.3 Å². The number of hydrogen-bond acceptors (Lipinski definition) is 2. The second-order valence-electron chi connectivity index (χ2n) is 4.36. The monoisotopic (exact) mass is 255 g/mol. The summed E-state index contributed by atoms with van der Waals surface area (Å²) in [6.07, 6.45) is 2.20. The average Bonchev–Trinajstić information content (AvgIpc) is 2.29. The van der Waals surface area contributed by atoms with Crippen molar-refractivity contribution in [2.75, 3.05) is 13.2 Å². The Labute approximate surface area is 109 Å². The predicted molar refractivity (Wildman–Crippen MR) is 74.1 cm³/mol. The Balaban J connectivity index is 2.24. The third kappa shape index (κ3) is 5.42. The molecule has 1 aromatic rings. The Morgan fingerprint density at radius 2 is 2.18 bits per heavy atom. The molecule has 0 saturated carbocycles. The fraction of sp³-hybridized carbons (Fsp3) is 0.571. The molecule has 0 bridgehead atoms. The summed E-state index contributed by atoms with van der Waals surface area (Å²) in [6.45, 7) is 8.11. The number of hydrogen-bond donors (Lipinski definition) is 1. The first-order chi connectivity index (χ1) is 8.13. The van der Waals surface area contributed by atoms with Gasteiger partial charge >= 0.3 is 0 Å². The van der Waals surface area contributed by atoms with Crippen LogP contribution in [0.3, 0.4) is 0 Å². The van der Waals surface area contributed by atoms with Crippen molar-refractivity contribution >= 4 is 11.6 Å². The lowest BCUT2D eigenvalue weighted by Crippen LogP contribution is -2.25. The molecule has 0 aliphatic heterocycles. The van der Waals surface area contributed by atoms with E-state index >= 15 is 0 Å². The first-order valence-electron chi connectivity index (χ1n) is 6.25. The Kier molecular flexibility index (Phi) is 6.38. The second-order valence-corrected chi connectivity index (χ2v) is 4.77. The van der Waals surface area contributed by atoms with Crippen LogP contribution in [0.15, 0.2) is 18.2 Å². The molecular formula is C14H22ClNO. The van der Waals surface area contributed by atoms with Crippen LogP contribution in [0, 0.1) is 6.92 Å². The summed E-state index contributed by atoms with van der Waals surface area (Å²) in [5, 5.41) is 4.18. The van der Waals surface area contributed by atoms with E-state index < -0.39 is 0 Å². The van der Waals surface area contributed by atoms with Crippen molar-refractivity contribution in [3.05, 3.63) is 28.8 Å². The van der Waals surface area contributed by atoms with Crippen LogP contribution in [0.4, 0.5) is 0 Å². The van der Waals surface area contributed by atoms with Crippen molar-refractivity contribution in [1.29, 1.82) is 0 Å². The molecule has 0 amide bonds. The first-order valence-corrected chi connectivity index (χ1v) is 6.63. The highest BCUT2D eigenvalue weighted by atomic mass is 35.5. The van der Waals surface area contributed by atoms with E-state index in [2.05, 4.69) is 19.2 Å². The van der Waals surface area contributed by atoms with Gasteiger partial charge in [0.05, 0.1) is 6.61 Å². The summed E-state index contributed by atoms with van der Waals surface area (Å²) >= 11 is 5.95. The molecule has 1 aromatic carbocycles. The Morgan fingerprint density at radius 3 is 2.82 bits per heavy atom. The van der Waals surface area contributed by atoms with E-state index in [1.54, 1.807) is 0 Å². The summed E-state index contributed by atoms with van der Waals surface area (Å²) < 4.78 is 5.68. The highest BCUT2D eigenvalue weighted by molar-refractivity contribution is 6.31. The van der Waals surface area contributed by atoms with Gasteiger partial charge in [0, 0.05) is 11.1 Å². The van der Waals surface area contributed by atoms with Gasteiger partial charge in [-0.3, -0.25) is 0 Å². The van der Waals surface area contributed by atoms with Crippen LogP contribution in [0.1, 0.15) is 32.3 Å². The zero-order chi connectivity index (χ0) is 12.7. The van der Waals surface area contributed by atoms with Crippen molar-refractivity contribution in [1.82, 2.24) is 5.32 Å². The minimum atomic E-state index is 0.565. The molecule has 0 aromatic heterocycles. The molecule has 17 heavy (non-hydrogen) atoms. The van der Waals surface area contributed by atoms with Gasteiger partial charge in [0.2, 0.25) is 0 Å². The molecule has 3 heteroatoms. The highest BCUT2D eigenvalue weighted by Gasteiger charge is 2.01. The number of benzene rings is 1. The molecule has 0 spiro atoms. The van der Waals surface area contributed by atoms with Gasteiger partial charge in [0.25, 0.3) is 0 Å². The molecule has 0 heterocycles. The van der Waals surface area contributed by atoms with E-state index in [9.17, 15) is 0 Å². The van der Waals surface area contributed by atoms with Crippen molar-refractivity contribution in [3.8, 4) is 5.75 Å². The normalized spacial score (nSPS) is 12.5. The minimum Gasteiger partial charge on any atom is -0.494 e. The molecule has 0 fully saturated rings. The minimum absolute atomic E-state index is 0.565. The number of ether oxygens (including phenoxy) is 1. The molecular weight excluding hydrogens is 234 g/mol. The molecule has 1 atom stereocenters. The van der Waals surface area contributed by atoms with Crippen LogP contribution in [0.2, 0.25) is 5.02 Å². The second kappa shape index (κ2) is 7.57. The summed E-state index contributed by atoms with van der Waals surface area (Å²) in [4.78, 5) is 0. The third-order valence-corrected chi connectivity index (χ3v) is 3.16. The lowest BCUT2D eigenvalue weighted by atomic mass is 10.2. The molecule has 0 radical (unpaired) electrons. The first kappa shape index (κ1) is 14.3. The Hall–Kier alpha value is -0.730. The summed E-state index contributed by atoms with van der Waals surface area (Å²) in [5.41, 5.74) is 1.06. The fourth-order valence-electron chi connectivity index (χ4n) is 1.74. The van der Waals surface area contributed by atoms with E-state index in [1.165, 1.54) is 0 Å². The molecule has 1 rings (SSSR count). The van der Waals surface area contributed by atoms with Crippen LogP contribution in [-0.2, 0) is 0 Å². The van der Waals surface area contributed by atoms with Crippen molar-refractivity contribution in [3.63, 3.8) is 0 Å². The Bertz CT molecular complexity index is 341. The molecule has 0 saturated heterocycles. The van der Waals surface area contributed by atoms with Gasteiger partial charge in [-0.15, -0.1) is 0 Å². The number of aryl methyl sites for hydroxylation is 1. The van der Waals surface area contributed by atoms with Crippen LogP contribution in [0.5, 0.6) is 5.75 Å². The number of nitrogens with one attached hydrogen (secondary N) is 1. The van der Waals surface area contributed by atoms with Crippen LogP contribution >= 0.6 is 11.6 Å². The zero-order valence-electron chi connectivity index (χ0n) is 10.9. The SMILES string of the molecule is CCNC(C)CCCOc1ccc(Cl)c(C)c1. The van der Waals surface area contributed by atoms with E-state index in [-0.39, 0.29) is 0 Å². The van der Waals surface area contributed by atoms with Crippen LogP contribution in [0.25, 0.3) is 0 Å². The van der Waals surface area contributed by atoms with E-state index in [1.807, 2.05) is 25.1 Å². The van der Waals surface area contributed by atoms with Gasteiger partial charge < -0.3 is 10.1 Å². The summed E-state index contributed by atoms with van der Waals surface area (Å²) in [5.74, 6) is 0.906. The third-order valence-electron chi connectivity index (χ3n) is 2.73. The van der Waals surface area contributed by atoms with Crippen molar-refractivity contribution in [2.24, 2.45) is 0 Å². The quantitative estimate of drug-likeness (QED) is 0.749. The van der Waals surface area contributed by atoms with Crippen LogP contribution in [-0.4, -0.2) is 19.2 Å². The molecule has 0 aliphatic rings. The smallest absolute Gasteiger partial charge is 0.119 e. The fourth-order valence-corrected chi connectivity index (χ4v) is 1.85. The zero-order valence-corrected chi connectivity index (χ0v) is 11.7. The number of rotatable bonds is 7. The summed E-state index contributed by atoms with van der Waals surface area (Å²) in [6, 6.07) is 6.35. The van der Waals surface area contributed by atoms with Gasteiger partial charge in [-0.2, -0.15) is 0 Å². The van der Waals surface area contributed by atoms with Crippen molar-refractivity contribution in [2.45, 2.75) is 39.7 Å². The standard InChI is InChI=1S/C14H22ClNO/c1-4-16-12(3)6-5-9-17-13-7-8-14(15)11(2)10-13/h7-8,10,12,16H,4-6,9H2,1-3H3. The lowest BCUT2D eigenvalue weighted by Gasteiger charge is -2.12. The largest absolute Gasteiger partial charge is 0.494 e. The van der Waals surface area contributed by atoms with Gasteiger partial charge in [-0.05, 0) is 57.0 Å². The Morgan fingerprint density at radius 1 is 1.41 bits per heavy atom. The van der Waals surface area contributed by atoms with Gasteiger partial charge in [0.15, 0.2) is 0 Å². The average molecular weight is 256 g/mol. The van der Waals surface area contributed by atoms with E-state index in [4.69, 9.17) is 16.3 Å². The van der Waals surface area contributed by atoms with Gasteiger partial charge in [-0.1, -0.05) is 18.5 Å². The van der Waals surface area contributed by atoms with E-state index in [0.29, 0.717) is 6.04 Å². The lowest BCUT2D eigenvalue weighted by molar-refractivity contribution is 0.298. The molecule has 2 nitrogen and oxygen atoms in total. The molecule has 1 N–H and O–H groups in total. The van der Waals surface area contributed by atoms with Gasteiger partial charge in [0.1, 0.15) is 5.75 Å². The highest BCUT2D eigenvalue weighted by Crippen LogP contribution is 2.21. The molecule has 0 aliphatic carbocycles. The number of halogens is 1. The predicted octanol–water partition coefficient (Wildman–Crippen LogP) is 3.81. The van der Waals surface area contributed by atoms with Crippen molar-refractivity contribution < 1.29 is 4.74 Å². The maximum Gasteiger partial charge on any atom is 0.119 e. The van der Waals surface area contributed by atoms with Gasteiger partial charge in [-0.25, -0.2) is 0 Å². The maximum atomic E-state index is 5.95. The molecule has 1 unspecified atom stereocenters.